The summed E-state index contributed by atoms with van der Waals surface area (Å²) in [5.41, 5.74) is 1.95. The Kier molecular flexibility index (Phi) is 7.04. The summed E-state index contributed by atoms with van der Waals surface area (Å²) < 4.78 is 5.63. The SMILES string of the molecule is O=C(c1cc(COc2ccccc2[N+](=O)[O-])cs1)N1CCN(Cc2ccc(Cl)cc2)CC1. The highest BCUT2D eigenvalue weighted by atomic mass is 35.5. The van der Waals surface area contributed by atoms with Crippen molar-refractivity contribution in [1.82, 2.24) is 9.80 Å². The molecule has 0 saturated carbocycles. The number of thiophene rings is 1. The molecule has 7 nitrogen and oxygen atoms in total. The summed E-state index contributed by atoms with van der Waals surface area (Å²) in [5, 5.41) is 13.7. The van der Waals surface area contributed by atoms with Crippen molar-refractivity contribution in [1.29, 1.82) is 0 Å². The first kappa shape index (κ1) is 22.3. The fourth-order valence-corrected chi connectivity index (χ4v) is 4.56. The van der Waals surface area contributed by atoms with Gasteiger partial charge in [-0.05, 0) is 35.2 Å². The molecule has 1 aromatic heterocycles. The molecule has 2 heterocycles. The minimum atomic E-state index is -0.468. The Hall–Kier alpha value is -2.94. The van der Waals surface area contributed by atoms with Crippen molar-refractivity contribution < 1.29 is 14.5 Å². The number of carbonyl (C=O) groups is 1. The number of piperazine rings is 1. The number of rotatable bonds is 7. The largest absolute Gasteiger partial charge is 0.482 e. The Morgan fingerprint density at radius 3 is 2.50 bits per heavy atom. The standard InChI is InChI=1S/C23H22ClN3O4S/c24-19-7-5-17(6-8-19)14-25-9-11-26(12-10-25)23(28)22-13-18(16-32-22)15-31-21-4-2-1-3-20(21)27(29)30/h1-8,13,16H,9-12,14-15H2. The van der Waals surface area contributed by atoms with Crippen LogP contribution < -0.4 is 4.74 Å². The molecule has 1 saturated heterocycles. The van der Waals surface area contributed by atoms with Crippen LogP contribution in [0, 0.1) is 10.1 Å². The van der Waals surface area contributed by atoms with Crippen molar-refractivity contribution in [3.8, 4) is 5.75 Å². The summed E-state index contributed by atoms with van der Waals surface area (Å²) in [7, 11) is 0. The molecule has 4 rings (SSSR count). The topological polar surface area (TPSA) is 75.9 Å². The second kappa shape index (κ2) is 10.1. The van der Waals surface area contributed by atoms with Crippen LogP contribution in [0.5, 0.6) is 5.75 Å². The van der Waals surface area contributed by atoms with Gasteiger partial charge in [-0.15, -0.1) is 11.3 Å². The molecular formula is C23H22ClN3O4S. The maximum Gasteiger partial charge on any atom is 0.310 e. The zero-order valence-electron chi connectivity index (χ0n) is 17.3. The molecule has 1 aliphatic rings. The Morgan fingerprint density at radius 1 is 1.06 bits per heavy atom. The van der Waals surface area contributed by atoms with Gasteiger partial charge in [-0.3, -0.25) is 19.8 Å². The number of carbonyl (C=O) groups excluding carboxylic acids is 1. The average Bonchev–Trinajstić information content (AvgIpc) is 3.28. The molecule has 0 spiro atoms. The molecule has 9 heteroatoms. The molecule has 3 aromatic rings. The van der Waals surface area contributed by atoms with Crippen LogP contribution >= 0.6 is 22.9 Å². The fraction of sp³-hybridized carbons (Fsp3) is 0.261. The number of amides is 1. The van der Waals surface area contributed by atoms with Crippen molar-refractivity contribution in [2.24, 2.45) is 0 Å². The van der Waals surface area contributed by atoms with E-state index in [1.165, 1.54) is 23.0 Å². The van der Waals surface area contributed by atoms with Gasteiger partial charge in [-0.25, -0.2) is 0 Å². The first-order valence-electron chi connectivity index (χ1n) is 10.2. The van der Waals surface area contributed by atoms with Gasteiger partial charge in [-0.2, -0.15) is 0 Å². The number of hydrogen-bond acceptors (Lipinski definition) is 6. The minimum absolute atomic E-state index is 0.0121. The Labute approximate surface area is 194 Å². The number of nitrogens with zero attached hydrogens (tertiary/aromatic N) is 3. The lowest BCUT2D eigenvalue weighted by Crippen LogP contribution is -2.48. The maximum absolute atomic E-state index is 12.9. The molecule has 0 atom stereocenters. The van der Waals surface area contributed by atoms with E-state index >= 15 is 0 Å². The van der Waals surface area contributed by atoms with Crippen LogP contribution in [0.4, 0.5) is 5.69 Å². The van der Waals surface area contributed by atoms with Crippen LogP contribution in [0.1, 0.15) is 20.8 Å². The molecule has 0 aliphatic carbocycles. The van der Waals surface area contributed by atoms with E-state index in [1.54, 1.807) is 18.2 Å². The summed E-state index contributed by atoms with van der Waals surface area (Å²) in [6.07, 6.45) is 0. The summed E-state index contributed by atoms with van der Waals surface area (Å²) in [6.45, 7) is 3.98. The van der Waals surface area contributed by atoms with E-state index in [4.69, 9.17) is 16.3 Å². The third-order valence-corrected chi connectivity index (χ3v) is 6.52. The van der Waals surface area contributed by atoms with Gasteiger partial charge in [0.1, 0.15) is 6.61 Å². The molecule has 32 heavy (non-hydrogen) atoms. The van der Waals surface area contributed by atoms with Crippen LogP contribution in [-0.2, 0) is 13.2 Å². The number of para-hydroxylation sites is 2. The van der Waals surface area contributed by atoms with Crippen molar-refractivity contribution in [3.05, 3.63) is 91.1 Å². The van der Waals surface area contributed by atoms with Crippen molar-refractivity contribution in [3.63, 3.8) is 0 Å². The Morgan fingerprint density at radius 2 is 1.78 bits per heavy atom. The lowest BCUT2D eigenvalue weighted by atomic mass is 10.2. The third-order valence-electron chi connectivity index (χ3n) is 5.30. The van der Waals surface area contributed by atoms with Gasteiger partial charge in [-0.1, -0.05) is 35.9 Å². The highest BCUT2D eigenvalue weighted by Crippen LogP contribution is 2.27. The van der Waals surface area contributed by atoms with Gasteiger partial charge < -0.3 is 9.64 Å². The number of benzene rings is 2. The van der Waals surface area contributed by atoms with Gasteiger partial charge >= 0.3 is 5.69 Å². The summed E-state index contributed by atoms with van der Waals surface area (Å²) in [5.74, 6) is 0.228. The molecular weight excluding hydrogens is 450 g/mol. The third kappa shape index (κ3) is 5.45. The number of ether oxygens (including phenoxy) is 1. The Bertz CT molecular complexity index is 1090. The fourth-order valence-electron chi connectivity index (χ4n) is 3.57. The molecule has 1 amide bonds. The summed E-state index contributed by atoms with van der Waals surface area (Å²) >= 11 is 7.32. The maximum atomic E-state index is 12.9. The molecule has 1 aliphatic heterocycles. The van der Waals surface area contributed by atoms with E-state index in [-0.39, 0.29) is 24.0 Å². The minimum Gasteiger partial charge on any atom is -0.482 e. The Balaban J connectivity index is 1.29. The average molecular weight is 472 g/mol. The predicted octanol–water partition coefficient (Wildman–Crippen LogP) is 4.85. The van der Waals surface area contributed by atoms with E-state index in [2.05, 4.69) is 4.90 Å². The van der Waals surface area contributed by atoms with Gasteiger partial charge in [0.25, 0.3) is 5.91 Å². The van der Waals surface area contributed by atoms with E-state index in [0.29, 0.717) is 18.0 Å². The second-order valence-electron chi connectivity index (χ2n) is 7.53. The first-order valence-corrected chi connectivity index (χ1v) is 11.4. The predicted molar refractivity (Wildman–Crippen MR) is 124 cm³/mol. The molecule has 1 fully saturated rings. The van der Waals surface area contributed by atoms with Gasteiger partial charge in [0.2, 0.25) is 0 Å². The van der Waals surface area contributed by atoms with Crippen LogP contribution in [0.15, 0.2) is 60.0 Å². The molecule has 2 aromatic carbocycles. The van der Waals surface area contributed by atoms with Crippen LogP contribution in [0.2, 0.25) is 5.02 Å². The highest BCUT2D eigenvalue weighted by molar-refractivity contribution is 7.12. The van der Waals surface area contributed by atoms with Gasteiger partial charge in [0, 0.05) is 49.4 Å². The molecule has 0 radical (unpaired) electrons. The number of halogens is 1. The van der Waals surface area contributed by atoms with E-state index < -0.39 is 4.92 Å². The van der Waals surface area contributed by atoms with E-state index in [9.17, 15) is 14.9 Å². The monoisotopic (exact) mass is 471 g/mol. The summed E-state index contributed by atoms with van der Waals surface area (Å²) in [4.78, 5) is 28.4. The van der Waals surface area contributed by atoms with E-state index in [1.807, 2.05) is 40.6 Å². The quantitative estimate of drug-likeness (QED) is 0.364. The zero-order valence-corrected chi connectivity index (χ0v) is 18.8. The van der Waals surface area contributed by atoms with Gasteiger partial charge in [0.15, 0.2) is 5.75 Å². The smallest absolute Gasteiger partial charge is 0.310 e. The molecule has 0 bridgehead atoms. The second-order valence-corrected chi connectivity index (χ2v) is 8.88. The summed E-state index contributed by atoms with van der Waals surface area (Å²) in [6, 6.07) is 15.9. The molecule has 0 unspecified atom stereocenters. The number of nitro benzene ring substituents is 1. The highest BCUT2D eigenvalue weighted by Gasteiger charge is 2.23. The normalized spacial score (nSPS) is 14.3. The lowest BCUT2D eigenvalue weighted by molar-refractivity contribution is -0.385. The van der Waals surface area contributed by atoms with Crippen LogP contribution in [0.25, 0.3) is 0 Å². The number of hydrogen-bond donors (Lipinski definition) is 0. The van der Waals surface area contributed by atoms with Crippen molar-refractivity contribution >= 4 is 34.5 Å². The van der Waals surface area contributed by atoms with Crippen LogP contribution in [0.3, 0.4) is 0 Å². The molecule has 166 valence electrons. The van der Waals surface area contributed by atoms with Crippen molar-refractivity contribution in [2.75, 3.05) is 26.2 Å². The van der Waals surface area contributed by atoms with Crippen molar-refractivity contribution in [2.45, 2.75) is 13.2 Å². The first-order chi connectivity index (χ1) is 15.5. The zero-order chi connectivity index (χ0) is 22.5. The lowest BCUT2D eigenvalue weighted by Gasteiger charge is -2.34. The molecule has 0 N–H and O–H groups in total. The van der Waals surface area contributed by atoms with E-state index in [0.717, 1.165) is 30.2 Å². The van der Waals surface area contributed by atoms with Gasteiger partial charge in [0.05, 0.1) is 9.80 Å². The van der Waals surface area contributed by atoms with Crippen LogP contribution in [-0.4, -0.2) is 46.8 Å². The number of nitro groups is 1.